The number of nitrogen functional groups attached to an aromatic ring is 1. The zero-order chi connectivity index (χ0) is 14.8. The molecule has 3 rings (SSSR count). The number of hydrogen-bond donors (Lipinski definition) is 3. The van der Waals surface area contributed by atoms with Gasteiger partial charge in [0, 0.05) is 11.1 Å². The number of halogens is 1. The summed E-state index contributed by atoms with van der Waals surface area (Å²) in [5.41, 5.74) is 4.79. The smallest absolute Gasteiger partial charge is 0.239 e. The molecule has 0 unspecified atom stereocenters. The Hall–Kier alpha value is -2.73. The Morgan fingerprint density at radius 3 is 2.67 bits per heavy atom. The summed E-state index contributed by atoms with van der Waals surface area (Å²) in [6, 6.07) is 12.1. The molecule has 0 bridgehead atoms. The van der Waals surface area contributed by atoms with Gasteiger partial charge in [-0.3, -0.25) is 5.43 Å². The zero-order valence-electron chi connectivity index (χ0n) is 11.4. The molecule has 0 aliphatic rings. The number of nitrogens with two attached hydrogens (primary N) is 1. The minimum atomic E-state index is -0.269. The molecule has 4 N–H and O–H groups in total. The van der Waals surface area contributed by atoms with Crippen LogP contribution in [0.5, 0.6) is 0 Å². The maximum absolute atomic E-state index is 13.2. The van der Waals surface area contributed by atoms with Crippen LogP contribution in [-0.4, -0.2) is 9.97 Å². The number of nitrogens with zero attached hydrogens (tertiary/aromatic N) is 2. The summed E-state index contributed by atoms with van der Waals surface area (Å²) in [5, 5.41) is 4.07. The third-order valence-electron chi connectivity index (χ3n) is 3.17. The highest BCUT2D eigenvalue weighted by Crippen LogP contribution is 2.26. The standard InChI is InChI=1S/C15H14FN5/c1-9-8-10(16)6-7-12(9)18-14-11-4-2-3-5-13(11)19-15(20-14)21-17/h2-8H,17H2,1H3,(H2,18,19,20,21). The van der Waals surface area contributed by atoms with E-state index < -0.39 is 0 Å². The predicted molar refractivity (Wildman–Crippen MR) is 81.8 cm³/mol. The molecule has 0 amide bonds. The average Bonchev–Trinajstić information content (AvgIpc) is 2.49. The molecule has 106 valence electrons. The third kappa shape index (κ3) is 2.61. The molecule has 0 spiro atoms. The Balaban J connectivity index is 2.10. The maximum Gasteiger partial charge on any atom is 0.239 e. The first-order valence-corrected chi connectivity index (χ1v) is 6.44. The van der Waals surface area contributed by atoms with Crippen LogP contribution in [0, 0.1) is 12.7 Å². The summed E-state index contributed by atoms with van der Waals surface area (Å²) < 4.78 is 13.2. The molecule has 0 saturated heterocycles. The van der Waals surface area contributed by atoms with Crippen LogP contribution in [0.2, 0.25) is 0 Å². The molecule has 3 aromatic rings. The van der Waals surface area contributed by atoms with Crippen molar-refractivity contribution in [1.82, 2.24) is 9.97 Å². The monoisotopic (exact) mass is 283 g/mol. The Bertz CT molecular complexity index is 803. The lowest BCUT2D eigenvalue weighted by atomic mass is 10.2. The van der Waals surface area contributed by atoms with E-state index in [0.717, 1.165) is 22.2 Å². The number of aryl methyl sites for hydroxylation is 1. The summed E-state index contributed by atoms with van der Waals surface area (Å²) >= 11 is 0. The SMILES string of the molecule is Cc1cc(F)ccc1Nc1nc(NN)nc2ccccc12. The molecule has 21 heavy (non-hydrogen) atoms. The number of nitrogens with one attached hydrogen (secondary N) is 2. The van der Waals surface area contributed by atoms with Crippen molar-refractivity contribution in [2.24, 2.45) is 5.84 Å². The van der Waals surface area contributed by atoms with Crippen molar-refractivity contribution in [1.29, 1.82) is 0 Å². The van der Waals surface area contributed by atoms with Gasteiger partial charge in [-0.15, -0.1) is 0 Å². The van der Waals surface area contributed by atoms with Gasteiger partial charge in [-0.05, 0) is 42.8 Å². The van der Waals surface area contributed by atoms with Gasteiger partial charge in [0.25, 0.3) is 0 Å². The van der Waals surface area contributed by atoms with Crippen LogP contribution in [0.25, 0.3) is 10.9 Å². The number of aromatic nitrogens is 2. The van der Waals surface area contributed by atoms with Gasteiger partial charge in [0.2, 0.25) is 5.95 Å². The van der Waals surface area contributed by atoms with Gasteiger partial charge in [-0.25, -0.2) is 15.2 Å². The number of fused-ring (bicyclic) bond motifs is 1. The van der Waals surface area contributed by atoms with Crippen LogP contribution in [-0.2, 0) is 0 Å². The third-order valence-corrected chi connectivity index (χ3v) is 3.17. The Morgan fingerprint density at radius 1 is 1.10 bits per heavy atom. The van der Waals surface area contributed by atoms with E-state index in [4.69, 9.17) is 5.84 Å². The molecule has 6 heteroatoms. The molecule has 1 aromatic heterocycles. The molecule has 0 fully saturated rings. The van der Waals surface area contributed by atoms with Crippen molar-refractivity contribution in [3.8, 4) is 0 Å². The van der Waals surface area contributed by atoms with E-state index in [1.807, 2.05) is 31.2 Å². The number of hydrogen-bond acceptors (Lipinski definition) is 5. The first kappa shape index (κ1) is 13.3. The molecule has 0 aliphatic heterocycles. The van der Waals surface area contributed by atoms with Crippen molar-refractivity contribution in [3.63, 3.8) is 0 Å². The second-order valence-corrected chi connectivity index (χ2v) is 4.64. The second kappa shape index (κ2) is 5.34. The summed E-state index contributed by atoms with van der Waals surface area (Å²) in [6.07, 6.45) is 0. The normalized spacial score (nSPS) is 10.6. The van der Waals surface area contributed by atoms with Crippen LogP contribution in [0.15, 0.2) is 42.5 Å². The molecule has 1 heterocycles. The lowest BCUT2D eigenvalue weighted by Crippen LogP contribution is -2.11. The van der Waals surface area contributed by atoms with Crippen LogP contribution >= 0.6 is 0 Å². The average molecular weight is 283 g/mol. The first-order chi connectivity index (χ1) is 10.2. The Kier molecular flexibility index (Phi) is 3.37. The fraction of sp³-hybridized carbons (Fsp3) is 0.0667. The van der Waals surface area contributed by atoms with Gasteiger partial charge < -0.3 is 5.32 Å². The van der Waals surface area contributed by atoms with E-state index in [-0.39, 0.29) is 5.82 Å². The van der Waals surface area contributed by atoms with Crippen LogP contribution in [0.1, 0.15) is 5.56 Å². The first-order valence-electron chi connectivity index (χ1n) is 6.44. The molecular weight excluding hydrogens is 269 g/mol. The molecule has 0 saturated carbocycles. The summed E-state index contributed by atoms with van der Waals surface area (Å²) in [4.78, 5) is 8.61. The van der Waals surface area contributed by atoms with E-state index in [9.17, 15) is 4.39 Å². The molecule has 0 aliphatic carbocycles. The molecular formula is C15H14FN5. The van der Waals surface area contributed by atoms with Crippen molar-refractivity contribution in [3.05, 3.63) is 53.8 Å². The quantitative estimate of drug-likeness (QED) is 0.508. The highest BCUT2D eigenvalue weighted by atomic mass is 19.1. The largest absolute Gasteiger partial charge is 0.339 e. The number of benzene rings is 2. The van der Waals surface area contributed by atoms with Gasteiger partial charge in [0.15, 0.2) is 0 Å². The van der Waals surface area contributed by atoms with Crippen molar-refractivity contribution in [2.45, 2.75) is 6.92 Å². The minimum Gasteiger partial charge on any atom is -0.339 e. The predicted octanol–water partition coefficient (Wildman–Crippen LogP) is 3.11. The van der Waals surface area contributed by atoms with E-state index in [1.165, 1.54) is 12.1 Å². The minimum absolute atomic E-state index is 0.269. The fourth-order valence-electron chi connectivity index (χ4n) is 2.13. The molecule has 0 radical (unpaired) electrons. The summed E-state index contributed by atoms with van der Waals surface area (Å²) in [5.74, 6) is 6.06. The van der Waals surface area contributed by atoms with Crippen LogP contribution in [0.4, 0.5) is 21.8 Å². The highest BCUT2D eigenvalue weighted by molar-refractivity contribution is 5.91. The van der Waals surface area contributed by atoms with Gasteiger partial charge in [0.1, 0.15) is 11.6 Å². The van der Waals surface area contributed by atoms with Gasteiger partial charge in [-0.1, -0.05) is 12.1 Å². The van der Waals surface area contributed by atoms with E-state index in [0.29, 0.717) is 11.8 Å². The number of anilines is 3. The fourth-order valence-corrected chi connectivity index (χ4v) is 2.13. The van der Waals surface area contributed by atoms with Gasteiger partial charge in [-0.2, -0.15) is 4.98 Å². The zero-order valence-corrected chi connectivity index (χ0v) is 11.4. The molecule has 0 atom stereocenters. The van der Waals surface area contributed by atoms with E-state index in [2.05, 4.69) is 20.7 Å². The Labute approximate surface area is 121 Å². The summed E-state index contributed by atoms with van der Waals surface area (Å²) in [7, 11) is 0. The van der Waals surface area contributed by atoms with E-state index in [1.54, 1.807) is 6.07 Å². The van der Waals surface area contributed by atoms with Crippen molar-refractivity contribution in [2.75, 3.05) is 10.7 Å². The topological polar surface area (TPSA) is 75.9 Å². The van der Waals surface area contributed by atoms with Crippen molar-refractivity contribution < 1.29 is 4.39 Å². The number of para-hydroxylation sites is 1. The summed E-state index contributed by atoms with van der Waals surface area (Å²) in [6.45, 7) is 1.83. The second-order valence-electron chi connectivity index (χ2n) is 4.64. The van der Waals surface area contributed by atoms with E-state index >= 15 is 0 Å². The van der Waals surface area contributed by atoms with Crippen LogP contribution < -0.4 is 16.6 Å². The molecule has 2 aromatic carbocycles. The lowest BCUT2D eigenvalue weighted by Gasteiger charge is -2.12. The Morgan fingerprint density at radius 2 is 1.90 bits per heavy atom. The molecule has 5 nitrogen and oxygen atoms in total. The number of hydrazine groups is 1. The highest BCUT2D eigenvalue weighted by Gasteiger charge is 2.08. The van der Waals surface area contributed by atoms with Gasteiger partial charge >= 0.3 is 0 Å². The van der Waals surface area contributed by atoms with Gasteiger partial charge in [0.05, 0.1) is 5.52 Å². The lowest BCUT2D eigenvalue weighted by molar-refractivity contribution is 0.627. The number of rotatable bonds is 3. The van der Waals surface area contributed by atoms with Crippen molar-refractivity contribution >= 4 is 28.4 Å². The van der Waals surface area contributed by atoms with Crippen LogP contribution in [0.3, 0.4) is 0 Å². The maximum atomic E-state index is 13.2.